The monoisotopic (exact) mass is 397 g/mol. The molecule has 29 heavy (non-hydrogen) atoms. The van der Waals surface area contributed by atoms with Crippen molar-refractivity contribution in [3.8, 4) is 5.75 Å². The van der Waals surface area contributed by atoms with Gasteiger partial charge in [0.25, 0.3) is 0 Å². The van der Waals surface area contributed by atoms with Gasteiger partial charge in [0.05, 0.1) is 52.7 Å². The minimum absolute atomic E-state index is 0.161. The lowest BCUT2D eigenvalue weighted by atomic mass is 10.1. The molecule has 2 aromatic rings. The van der Waals surface area contributed by atoms with Crippen LogP contribution in [0.4, 0.5) is 5.69 Å². The van der Waals surface area contributed by atoms with Gasteiger partial charge in [-0.15, -0.1) is 0 Å². The normalized spacial score (nSPS) is 14.3. The Morgan fingerprint density at radius 3 is 2.28 bits per heavy atom. The van der Waals surface area contributed by atoms with Gasteiger partial charge in [0.2, 0.25) is 11.8 Å². The van der Waals surface area contributed by atoms with Crippen molar-refractivity contribution >= 4 is 17.5 Å². The summed E-state index contributed by atoms with van der Waals surface area (Å²) >= 11 is 0. The molecule has 7 nitrogen and oxygen atoms in total. The van der Waals surface area contributed by atoms with Crippen LogP contribution < -0.4 is 25.4 Å². The van der Waals surface area contributed by atoms with E-state index in [1.165, 1.54) is 10.6 Å². The molecule has 1 heterocycles. The van der Waals surface area contributed by atoms with Gasteiger partial charge in [-0.1, -0.05) is 30.3 Å². The van der Waals surface area contributed by atoms with Crippen LogP contribution in [-0.4, -0.2) is 51.6 Å². The van der Waals surface area contributed by atoms with E-state index >= 15 is 0 Å². The lowest BCUT2D eigenvalue weighted by molar-refractivity contribution is -0.900. The second-order valence-electron chi connectivity index (χ2n) is 7.19. The summed E-state index contributed by atoms with van der Waals surface area (Å²) in [5, 5.41) is 0. The van der Waals surface area contributed by atoms with Gasteiger partial charge in [0.15, 0.2) is 0 Å². The van der Waals surface area contributed by atoms with Crippen LogP contribution in [0.15, 0.2) is 54.6 Å². The van der Waals surface area contributed by atoms with E-state index in [1.807, 2.05) is 30.3 Å². The molecule has 2 amide bonds. The standard InChI is InChI=1S/C22H28N4O3/c1-29-20-9-7-18(8-10-20)17-22(28)24-23-21(27)11-12-25-13-15-26(16-14-25)19-5-3-2-4-6-19/h2-10H,11-17H2,1H3,(H,23,27)(H,24,28)/p+1. The van der Waals surface area contributed by atoms with Gasteiger partial charge in [-0.2, -0.15) is 0 Å². The number of hydrogen-bond donors (Lipinski definition) is 3. The topological polar surface area (TPSA) is 75.1 Å². The van der Waals surface area contributed by atoms with Crippen LogP contribution in [0.3, 0.4) is 0 Å². The minimum Gasteiger partial charge on any atom is -0.497 e. The summed E-state index contributed by atoms with van der Waals surface area (Å²) in [4.78, 5) is 27.8. The summed E-state index contributed by atoms with van der Waals surface area (Å²) < 4.78 is 5.10. The first kappa shape index (κ1) is 20.7. The highest BCUT2D eigenvalue weighted by molar-refractivity contribution is 5.83. The number of carbonyl (C=O) groups excluding carboxylic acids is 2. The van der Waals surface area contributed by atoms with Crippen molar-refractivity contribution in [3.05, 3.63) is 60.2 Å². The van der Waals surface area contributed by atoms with Crippen LogP contribution in [-0.2, 0) is 16.0 Å². The minimum atomic E-state index is -0.243. The van der Waals surface area contributed by atoms with Gasteiger partial charge in [0, 0.05) is 5.69 Å². The third kappa shape index (κ3) is 6.50. The number of benzene rings is 2. The van der Waals surface area contributed by atoms with Gasteiger partial charge in [-0.05, 0) is 29.8 Å². The number of anilines is 1. The molecule has 3 N–H and O–H groups in total. The smallest absolute Gasteiger partial charge is 0.244 e. The Hall–Kier alpha value is -3.06. The number of para-hydroxylation sites is 1. The SMILES string of the molecule is COc1ccc(CC(=O)NNC(=O)CC[NH+]2CCN(c3ccccc3)CC2)cc1. The van der Waals surface area contributed by atoms with E-state index in [1.54, 1.807) is 7.11 Å². The van der Waals surface area contributed by atoms with Gasteiger partial charge in [-0.3, -0.25) is 20.4 Å². The molecule has 154 valence electrons. The van der Waals surface area contributed by atoms with E-state index in [2.05, 4.69) is 40.0 Å². The molecule has 7 heteroatoms. The molecule has 3 rings (SSSR count). The zero-order valence-corrected chi connectivity index (χ0v) is 16.8. The number of amides is 2. The second-order valence-corrected chi connectivity index (χ2v) is 7.19. The number of quaternary nitrogens is 1. The van der Waals surface area contributed by atoms with Crippen molar-refractivity contribution in [1.82, 2.24) is 10.9 Å². The number of piperazine rings is 1. The van der Waals surface area contributed by atoms with Crippen LogP contribution in [0.25, 0.3) is 0 Å². The third-order valence-electron chi connectivity index (χ3n) is 5.16. The van der Waals surface area contributed by atoms with Crippen LogP contribution in [0.1, 0.15) is 12.0 Å². The Morgan fingerprint density at radius 2 is 1.62 bits per heavy atom. The van der Waals surface area contributed by atoms with Gasteiger partial charge in [-0.25, -0.2) is 0 Å². The van der Waals surface area contributed by atoms with Crippen molar-refractivity contribution < 1.29 is 19.2 Å². The fourth-order valence-corrected chi connectivity index (χ4v) is 3.44. The second kappa shape index (κ2) is 10.5. The van der Waals surface area contributed by atoms with Crippen molar-refractivity contribution in [1.29, 1.82) is 0 Å². The first-order valence-corrected chi connectivity index (χ1v) is 9.98. The molecule has 1 fully saturated rings. The first-order chi connectivity index (χ1) is 14.1. The van der Waals surface area contributed by atoms with E-state index in [-0.39, 0.29) is 18.2 Å². The van der Waals surface area contributed by atoms with E-state index in [4.69, 9.17) is 4.74 Å². The molecule has 1 saturated heterocycles. The molecule has 2 aromatic carbocycles. The third-order valence-corrected chi connectivity index (χ3v) is 5.16. The average molecular weight is 397 g/mol. The van der Waals surface area contributed by atoms with Crippen LogP contribution >= 0.6 is 0 Å². The Labute approximate surface area is 171 Å². The van der Waals surface area contributed by atoms with E-state index < -0.39 is 0 Å². The Kier molecular flexibility index (Phi) is 7.47. The first-order valence-electron chi connectivity index (χ1n) is 9.98. The number of nitrogens with zero attached hydrogens (tertiary/aromatic N) is 1. The maximum atomic E-state index is 12.0. The molecular formula is C22H29N4O3+. The predicted octanol–water partition coefficient (Wildman–Crippen LogP) is 0.180. The van der Waals surface area contributed by atoms with Crippen molar-refractivity contribution in [3.63, 3.8) is 0 Å². The number of hydrogen-bond acceptors (Lipinski definition) is 4. The van der Waals surface area contributed by atoms with Crippen LogP contribution in [0.5, 0.6) is 5.75 Å². The van der Waals surface area contributed by atoms with Gasteiger partial charge >= 0.3 is 0 Å². The molecule has 1 aliphatic heterocycles. The summed E-state index contributed by atoms with van der Waals surface area (Å²) in [5.74, 6) is 0.341. The van der Waals surface area contributed by atoms with Crippen LogP contribution in [0, 0.1) is 0 Å². The lowest BCUT2D eigenvalue weighted by Gasteiger charge is -2.33. The molecular weight excluding hydrogens is 368 g/mol. The lowest BCUT2D eigenvalue weighted by Crippen LogP contribution is -3.15. The molecule has 0 saturated carbocycles. The maximum absolute atomic E-state index is 12.0. The summed E-state index contributed by atoms with van der Waals surface area (Å²) in [6, 6.07) is 17.7. The number of methoxy groups -OCH3 is 1. The van der Waals surface area contributed by atoms with Gasteiger partial charge < -0.3 is 14.5 Å². The number of nitrogens with one attached hydrogen (secondary N) is 3. The number of ether oxygens (including phenoxy) is 1. The highest BCUT2D eigenvalue weighted by Gasteiger charge is 2.20. The van der Waals surface area contributed by atoms with Crippen molar-refractivity contribution in [2.24, 2.45) is 0 Å². The predicted molar refractivity (Wildman–Crippen MR) is 112 cm³/mol. The Balaban J connectivity index is 1.31. The molecule has 0 unspecified atom stereocenters. The van der Waals surface area contributed by atoms with Crippen LogP contribution in [0.2, 0.25) is 0 Å². The molecule has 0 radical (unpaired) electrons. The molecule has 0 aliphatic carbocycles. The maximum Gasteiger partial charge on any atom is 0.244 e. The summed E-state index contributed by atoms with van der Waals surface area (Å²) in [6.07, 6.45) is 0.598. The number of hydrazine groups is 1. The quantitative estimate of drug-likeness (QED) is 0.583. The molecule has 0 bridgehead atoms. The Bertz CT molecular complexity index is 787. The molecule has 1 aliphatic rings. The van der Waals surface area contributed by atoms with E-state index in [0.717, 1.165) is 44.0 Å². The highest BCUT2D eigenvalue weighted by atomic mass is 16.5. The average Bonchev–Trinajstić information content (AvgIpc) is 2.78. The van der Waals surface area contributed by atoms with E-state index in [9.17, 15) is 9.59 Å². The number of carbonyl (C=O) groups is 2. The van der Waals surface area contributed by atoms with Crippen molar-refractivity contribution in [2.45, 2.75) is 12.8 Å². The zero-order valence-electron chi connectivity index (χ0n) is 16.8. The van der Waals surface area contributed by atoms with E-state index in [0.29, 0.717) is 6.42 Å². The summed E-state index contributed by atoms with van der Waals surface area (Å²) in [5.41, 5.74) is 7.11. The highest BCUT2D eigenvalue weighted by Crippen LogP contribution is 2.12. The fourth-order valence-electron chi connectivity index (χ4n) is 3.44. The fraction of sp³-hybridized carbons (Fsp3) is 0.364. The summed E-state index contributed by atoms with van der Waals surface area (Å²) in [7, 11) is 1.60. The Morgan fingerprint density at radius 1 is 0.966 bits per heavy atom. The number of rotatable bonds is 7. The molecule has 0 atom stereocenters. The zero-order chi connectivity index (χ0) is 20.5. The largest absolute Gasteiger partial charge is 0.497 e. The molecule has 0 aromatic heterocycles. The molecule has 0 spiro atoms. The van der Waals surface area contributed by atoms with Gasteiger partial charge in [0.1, 0.15) is 5.75 Å². The van der Waals surface area contributed by atoms with Crippen molar-refractivity contribution in [2.75, 3.05) is 44.7 Å². The summed E-state index contributed by atoms with van der Waals surface area (Å²) in [6.45, 7) is 4.75.